The molecule has 9 heteroatoms. The van der Waals surface area contributed by atoms with Crippen LogP contribution >= 0.6 is 11.8 Å². The standard InChI is InChI=1S/C30H30FN5O2S/c1-18(2)36(21-8-6-5-7-9-21)27-26(24(32)16-17-33-4)35-30(38)29(28(27)37)39-22-12-10-20(11-13-22)23-14-15-25(31)34-19(23)3/h5-18H,32H2,1-4H3,(H2,35,37,38). The maximum absolute atomic E-state index is 13.4. The average molecular weight is 544 g/mol. The van der Waals surface area contributed by atoms with Crippen LogP contribution in [0, 0.1) is 12.9 Å². The van der Waals surface area contributed by atoms with Gasteiger partial charge in [-0.3, -0.25) is 9.79 Å². The fourth-order valence-electron chi connectivity index (χ4n) is 4.27. The van der Waals surface area contributed by atoms with Gasteiger partial charge < -0.3 is 20.7 Å². The molecule has 39 heavy (non-hydrogen) atoms. The summed E-state index contributed by atoms with van der Waals surface area (Å²) in [4.78, 5) is 26.8. The molecular formula is C30H30FN5O2S. The van der Waals surface area contributed by atoms with E-state index in [1.54, 1.807) is 26.1 Å². The number of aliphatic imine (C=N–C) groups is 1. The van der Waals surface area contributed by atoms with E-state index in [1.807, 2.05) is 73.3 Å². The highest BCUT2D eigenvalue weighted by Crippen LogP contribution is 2.44. The molecule has 0 unspecified atom stereocenters. The van der Waals surface area contributed by atoms with Crippen LogP contribution in [0.15, 0.2) is 92.4 Å². The first kappa shape index (κ1) is 27.7. The summed E-state index contributed by atoms with van der Waals surface area (Å²) in [6, 6.07) is 20.0. The number of pyridine rings is 2. The summed E-state index contributed by atoms with van der Waals surface area (Å²) in [7, 11) is 1.62. The molecule has 2 aromatic heterocycles. The normalized spacial score (nSPS) is 11.9. The van der Waals surface area contributed by atoms with Gasteiger partial charge in [0, 0.05) is 41.1 Å². The molecule has 0 fully saturated rings. The number of aromatic nitrogens is 2. The van der Waals surface area contributed by atoms with Crippen LogP contribution in [0.4, 0.5) is 15.8 Å². The zero-order valence-corrected chi connectivity index (χ0v) is 23.0. The minimum atomic E-state index is -0.527. The van der Waals surface area contributed by atoms with E-state index in [1.165, 1.54) is 12.3 Å². The third-order valence-electron chi connectivity index (χ3n) is 6.04. The van der Waals surface area contributed by atoms with Crippen LogP contribution in [0.5, 0.6) is 5.75 Å². The lowest BCUT2D eigenvalue weighted by atomic mass is 10.1. The lowest BCUT2D eigenvalue weighted by Crippen LogP contribution is -2.29. The van der Waals surface area contributed by atoms with Crippen LogP contribution in [0.25, 0.3) is 16.8 Å². The summed E-state index contributed by atoms with van der Waals surface area (Å²) in [5.41, 5.74) is 9.92. The second-order valence-electron chi connectivity index (χ2n) is 9.08. The van der Waals surface area contributed by atoms with Gasteiger partial charge in [-0.05, 0) is 68.8 Å². The molecule has 200 valence electrons. The first-order valence-corrected chi connectivity index (χ1v) is 13.2. The highest BCUT2D eigenvalue weighted by atomic mass is 32.2. The molecule has 4 aromatic rings. The van der Waals surface area contributed by atoms with E-state index in [9.17, 15) is 14.3 Å². The van der Waals surface area contributed by atoms with E-state index in [0.717, 1.165) is 33.5 Å². The molecule has 0 bridgehead atoms. The van der Waals surface area contributed by atoms with Gasteiger partial charge in [0.25, 0.3) is 5.56 Å². The molecule has 2 heterocycles. The smallest absolute Gasteiger partial charge is 0.266 e. The van der Waals surface area contributed by atoms with E-state index in [-0.39, 0.29) is 22.4 Å². The summed E-state index contributed by atoms with van der Waals surface area (Å²) in [5.74, 6) is -0.704. The van der Waals surface area contributed by atoms with Gasteiger partial charge in [-0.15, -0.1) is 0 Å². The van der Waals surface area contributed by atoms with Gasteiger partial charge in [0.15, 0.2) is 5.75 Å². The van der Waals surface area contributed by atoms with Crippen LogP contribution in [0.3, 0.4) is 0 Å². The monoisotopic (exact) mass is 543 g/mol. The fraction of sp³-hybridized carbons (Fsp3) is 0.167. The largest absolute Gasteiger partial charge is 0.504 e. The van der Waals surface area contributed by atoms with Gasteiger partial charge >= 0.3 is 0 Å². The minimum absolute atomic E-state index is 0.0831. The Hall–Kier alpha value is -4.37. The minimum Gasteiger partial charge on any atom is -0.504 e. The van der Waals surface area contributed by atoms with Crippen molar-refractivity contribution >= 4 is 35.0 Å². The molecule has 0 atom stereocenters. The Kier molecular flexibility index (Phi) is 8.51. The van der Waals surface area contributed by atoms with E-state index in [4.69, 9.17) is 5.73 Å². The van der Waals surface area contributed by atoms with Crippen molar-refractivity contribution in [3.05, 3.63) is 100 Å². The second kappa shape index (κ2) is 12.0. The number of nitrogens with one attached hydrogen (secondary N) is 1. The van der Waals surface area contributed by atoms with Gasteiger partial charge in [0.1, 0.15) is 10.6 Å². The zero-order valence-electron chi connectivity index (χ0n) is 22.1. The molecular weight excluding hydrogens is 513 g/mol. The van der Waals surface area contributed by atoms with Crippen molar-refractivity contribution in [1.82, 2.24) is 9.97 Å². The predicted molar refractivity (Wildman–Crippen MR) is 158 cm³/mol. The van der Waals surface area contributed by atoms with Crippen molar-refractivity contribution < 1.29 is 9.50 Å². The van der Waals surface area contributed by atoms with Crippen molar-refractivity contribution in [2.75, 3.05) is 11.9 Å². The summed E-state index contributed by atoms with van der Waals surface area (Å²) < 4.78 is 13.4. The van der Waals surface area contributed by atoms with E-state index >= 15 is 0 Å². The Bertz CT molecular complexity index is 1580. The molecule has 0 aliphatic rings. The number of H-pyrrole nitrogens is 1. The molecule has 0 aliphatic heterocycles. The number of nitrogens with two attached hydrogens (primary N) is 1. The number of hydrogen-bond acceptors (Lipinski definition) is 7. The van der Waals surface area contributed by atoms with Crippen molar-refractivity contribution in [1.29, 1.82) is 0 Å². The Morgan fingerprint density at radius 3 is 2.44 bits per heavy atom. The fourth-order valence-corrected chi connectivity index (χ4v) is 5.11. The number of aromatic hydroxyl groups is 1. The van der Waals surface area contributed by atoms with Crippen molar-refractivity contribution in [2.24, 2.45) is 10.7 Å². The molecule has 0 aliphatic carbocycles. The summed E-state index contributed by atoms with van der Waals surface area (Å²) >= 11 is 1.15. The third kappa shape index (κ3) is 6.04. The Morgan fingerprint density at radius 1 is 1.13 bits per heavy atom. The van der Waals surface area contributed by atoms with E-state index < -0.39 is 11.5 Å². The van der Waals surface area contributed by atoms with Gasteiger partial charge in [0.05, 0.1) is 11.4 Å². The Balaban J connectivity index is 1.82. The van der Waals surface area contributed by atoms with E-state index in [0.29, 0.717) is 17.1 Å². The number of hydrogen-bond donors (Lipinski definition) is 3. The first-order chi connectivity index (χ1) is 18.7. The highest BCUT2D eigenvalue weighted by molar-refractivity contribution is 7.99. The summed E-state index contributed by atoms with van der Waals surface area (Å²) in [6.45, 7) is 5.74. The zero-order chi connectivity index (χ0) is 28.1. The maximum atomic E-state index is 13.4. The van der Waals surface area contributed by atoms with Gasteiger partial charge in [0.2, 0.25) is 5.95 Å². The number of anilines is 2. The number of halogens is 1. The Morgan fingerprint density at radius 2 is 1.82 bits per heavy atom. The summed E-state index contributed by atoms with van der Waals surface area (Å²) in [6.07, 6.45) is 3.11. The molecule has 7 nitrogen and oxygen atoms in total. The van der Waals surface area contributed by atoms with Crippen LogP contribution < -0.4 is 16.2 Å². The Labute approximate surface area is 231 Å². The van der Waals surface area contributed by atoms with Crippen molar-refractivity contribution in [2.45, 2.75) is 36.6 Å². The SMILES string of the molecule is CN=CC=C(N)c1[nH]c(=O)c(Sc2ccc(-c3ccc(F)nc3C)cc2)c(O)c1N(c1ccccc1)C(C)C. The predicted octanol–water partition coefficient (Wildman–Crippen LogP) is 6.29. The molecule has 0 saturated heterocycles. The lowest BCUT2D eigenvalue weighted by molar-refractivity contribution is 0.458. The first-order valence-electron chi connectivity index (χ1n) is 12.3. The molecule has 0 radical (unpaired) electrons. The topological polar surface area (TPSA) is 108 Å². The maximum Gasteiger partial charge on any atom is 0.266 e. The van der Waals surface area contributed by atoms with Gasteiger partial charge in [-0.1, -0.05) is 42.1 Å². The van der Waals surface area contributed by atoms with Crippen LogP contribution in [-0.4, -0.2) is 34.4 Å². The number of para-hydroxylation sites is 1. The number of aryl methyl sites for hydroxylation is 1. The number of rotatable bonds is 8. The average Bonchev–Trinajstić information content (AvgIpc) is 2.92. The number of nitrogens with zero attached hydrogens (tertiary/aromatic N) is 3. The van der Waals surface area contributed by atoms with Crippen LogP contribution in [0.1, 0.15) is 25.2 Å². The van der Waals surface area contributed by atoms with Crippen LogP contribution in [0.2, 0.25) is 0 Å². The second-order valence-corrected chi connectivity index (χ2v) is 10.2. The molecule has 2 aromatic carbocycles. The molecule has 0 saturated carbocycles. The van der Waals surface area contributed by atoms with Crippen molar-refractivity contribution in [3.63, 3.8) is 0 Å². The number of aromatic amines is 1. The molecule has 4 N–H and O–H groups in total. The highest BCUT2D eigenvalue weighted by Gasteiger charge is 2.26. The molecule has 4 rings (SSSR count). The van der Waals surface area contributed by atoms with Gasteiger partial charge in [-0.25, -0.2) is 4.98 Å². The van der Waals surface area contributed by atoms with Crippen molar-refractivity contribution in [3.8, 4) is 16.9 Å². The van der Waals surface area contributed by atoms with E-state index in [2.05, 4.69) is 15.0 Å². The quantitative estimate of drug-likeness (QED) is 0.178. The molecule has 0 spiro atoms. The lowest BCUT2D eigenvalue weighted by Gasteiger charge is -2.32. The van der Waals surface area contributed by atoms with Gasteiger partial charge in [-0.2, -0.15) is 4.39 Å². The number of benzene rings is 2. The molecule has 0 amide bonds. The summed E-state index contributed by atoms with van der Waals surface area (Å²) in [5, 5.41) is 11.6. The number of allylic oxidation sites excluding steroid dienone is 1. The third-order valence-corrected chi connectivity index (χ3v) is 7.13. The van der Waals surface area contributed by atoms with Crippen LogP contribution in [-0.2, 0) is 0 Å².